The van der Waals surface area contributed by atoms with Crippen LogP contribution >= 0.6 is 24.8 Å². The Hall–Kier alpha value is -0.560. The summed E-state index contributed by atoms with van der Waals surface area (Å²) in [5.41, 5.74) is 11.6. The van der Waals surface area contributed by atoms with Crippen LogP contribution in [0.15, 0.2) is 0 Å². The van der Waals surface area contributed by atoms with Crippen LogP contribution in [-0.2, 0) is 19.1 Å². The number of carbonyl (C=O) groups is 2. The fourth-order valence-corrected chi connectivity index (χ4v) is 4.27. The summed E-state index contributed by atoms with van der Waals surface area (Å²) in [6.45, 7) is 6.29. The zero-order valence-corrected chi connectivity index (χ0v) is 21.2. The number of rotatable bonds is 15. The Morgan fingerprint density at radius 1 is 0.871 bits per heavy atom. The van der Waals surface area contributed by atoms with Gasteiger partial charge >= 0.3 is 11.9 Å². The molecule has 1 aliphatic carbocycles. The average Bonchev–Trinajstić information content (AvgIpc) is 2.69. The van der Waals surface area contributed by atoms with Crippen molar-refractivity contribution in [2.24, 2.45) is 28.7 Å². The molecular formula is C23H46Cl2N2O4. The molecule has 31 heavy (non-hydrogen) atoms. The minimum Gasteiger partial charge on any atom is -0.466 e. The van der Waals surface area contributed by atoms with Gasteiger partial charge in [0.25, 0.3) is 0 Å². The van der Waals surface area contributed by atoms with E-state index in [1.807, 2.05) is 0 Å². The molecule has 0 aromatic rings. The molecule has 0 unspecified atom stereocenters. The van der Waals surface area contributed by atoms with E-state index in [0.717, 1.165) is 44.9 Å². The van der Waals surface area contributed by atoms with E-state index >= 15 is 0 Å². The molecule has 1 aliphatic rings. The lowest BCUT2D eigenvalue weighted by Crippen LogP contribution is -2.35. The number of hydrogen-bond donors (Lipinski definition) is 2. The first-order valence-corrected chi connectivity index (χ1v) is 11.6. The fraction of sp³-hybridized carbons (Fsp3) is 0.913. The Labute approximate surface area is 201 Å². The van der Waals surface area contributed by atoms with Crippen LogP contribution in [0.1, 0.15) is 90.9 Å². The molecule has 1 rings (SSSR count). The molecule has 0 heterocycles. The largest absolute Gasteiger partial charge is 0.466 e. The molecule has 0 saturated heterocycles. The van der Waals surface area contributed by atoms with Crippen LogP contribution in [-0.4, -0.2) is 38.2 Å². The summed E-state index contributed by atoms with van der Waals surface area (Å²) in [5, 5.41) is 0. The highest BCUT2D eigenvalue weighted by Crippen LogP contribution is 2.38. The number of nitrogens with two attached hydrogens (primary N) is 2. The third-order valence-corrected chi connectivity index (χ3v) is 6.02. The average molecular weight is 486 g/mol. The predicted octanol–water partition coefficient (Wildman–Crippen LogP) is 4.79. The molecule has 1 fully saturated rings. The van der Waals surface area contributed by atoms with Crippen LogP contribution in [0.2, 0.25) is 0 Å². The van der Waals surface area contributed by atoms with E-state index in [1.165, 1.54) is 19.3 Å². The van der Waals surface area contributed by atoms with Crippen LogP contribution in [0.3, 0.4) is 0 Å². The summed E-state index contributed by atoms with van der Waals surface area (Å²) in [6, 6.07) is 0. The maximum atomic E-state index is 12.1. The molecule has 0 spiro atoms. The first-order valence-electron chi connectivity index (χ1n) is 11.6. The van der Waals surface area contributed by atoms with Gasteiger partial charge in [-0.3, -0.25) is 9.59 Å². The molecule has 6 nitrogen and oxygen atoms in total. The second kappa shape index (κ2) is 19.0. The lowest BCUT2D eigenvalue weighted by molar-refractivity contribution is -0.147. The summed E-state index contributed by atoms with van der Waals surface area (Å²) < 4.78 is 10.7. The molecule has 186 valence electrons. The van der Waals surface area contributed by atoms with E-state index in [0.29, 0.717) is 45.1 Å². The van der Waals surface area contributed by atoms with Gasteiger partial charge in [0.15, 0.2) is 0 Å². The maximum absolute atomic E-state index is 12.1. The molecule has 0 aromatic carbocycles. The van der Waals surface area contributed by atoms with Crippen LogP contribution < -0.4 is 11.5 Å². The van der Waals surface area contributed by atoms with Crippen molar-refractivity contribution in [3.8, 4) is 0 Å². The van der Waals surface area contributed by atoms with Gasteiger partial charge in [-0.1, -0.05) is 33.1 Å². The van der Waals surface area contributed by atoms with Gasteiger partial charge in [-0.2, -0.15) is 0 Å². The Bertz CT molecular complexity index is 472. The van der Waals surface area contributed by atoms with E-state index in [9.17, 15) is 9.59 Å². The molecular weight excluding hydrogens is 439 g/mol. The van der Waals surface area contributed by atoms with Crippen LogP contribution in [0.5, 0.6) is 0 Å². The van der Waals surface area contributed by atoms with Crippen LogP contribution in [0.25, 0.3) is 0 Å². The number of esters is 2. The zero-order valence-electron chi connectivity index (χ0n) is 19.6. The third kappa shape index (κ3) is 15.0. The molecule has 1 atom stereocenters. The second-order valence-electron chi connectivity index (χ2n) is 9.23. The zero-order chi connectivity index (χ0) is 21.5. The van der Waals surface area contributed by atoms with Crippen molar-refractivity contribution in [1.82, 2.24) is 0 Å². The fourth-order valence-electron chi connectivity index (χ4n) is 4.27. The van der Waals surface area contributed by atoms with Crippen molar-refractivity contribution in [3.05, 3.63) is 0 Å². The van der Waals surface area contributed by atoms with E-state index in [2.05, 4.69) is 13.8 Å². The molecule has 4 N–H and O–H groups in total. The molecule has 0 aliphatic heterocycles. The lowest BCUT2D eigenvalue weighted by Gasteiger charge is -2.35. The first-order chi connectivity index (χ1) is 13.9. The highest BCUT2D eigenvalue weighted by Gasteiger charge is 2.33. The summed E-state index contributed by atoms with van der Waals surface area (Å²) in [5.74, 6) is 0.492. The van der Waals surface area contributed by atoms with Crippen LogP contribution in [0.4, 0.5) is 0 Å². The number of unbranched alkanes of at least 4 members (excludes halogenated alkanes) is 3. The third-order valence-electron chi connectivity index (χ3n) is 6.02. The van der Waals surface area contributed by atoms with Gasteiger partial charge in [0, 0.05) is 6.42 Å². The maximum Gasteiger partial charge on any atom is 0.306 e. The van der Waals surface area contributed by atoms with Gasteiger partial charge in [0.2, 0.25) is 0 Å². The Morgan fingerprint density at radius 2 is 1.42 bits per heavy atom. The summed E-state index contributed by atoms with van der Waals surface area (Å²) >= 11 is 0. The van der Waals surface area contributed by atoms with Gasteiger partial charge in [0.1, 0.15) is 0 Å². The normalized spacial score (nSPS) is 16.0. The minimum atomic E-state index is -0.147. The number of hydrogen-bond acceptors (Lipinski definition) is 6. The van der Waals surface area contributed by atoms with Crippen molar-refractivity contribution in [3.63, 3.8) is 0 Å². The second-order valence-corrected chi connectivity index (χ2v) is 9.23. The number of halogens is 2. The van der Waals surface area contributed by atoms with Gasteiger partial charge in [-0.15, -0.1) is 24.8 Å². The monoisotopic (exact) mass is 484 g/mol. The molecule has 8 heteroatoms. The molecule has 1 saturated carbocycles. The minimum absolute atomic E-state index is 0. The Balaban J connectivity index is 0. The van der Waals surface area contributed by atoms with Gasteiger partial charge < -0.3 is 20.9 Å². The van der Waals surface area contributed by atoms with Crippen molar-refractivity contribution in [1.29, 1.82) is 0 Å². The summed E-state index contributed by atoms with van der Waals surface area (Å²) in [6.07, 6.45) is 11.1. The standard InChI is InChI=1S/C23H44N2O4.2ClH/c1-19(2)14-20(17-24)15-21(26)28-12-8-3-4-9-13-29-22(27)16-23(18-25)10-6-5-7-11-23;;/h19-20H,3-18,24-25H2,1-2H3;2*1H/t20-;;/m1../s1. The van der Waals surface area contributed by atoms with Gasteiger partial charge in [-0.05, 0) is 75.3 Å². The van der Waals surface area contributed by atoms with Crippen molar-refractivity contribution < 1.29 is 19.1 Å². The number of carbonyl (C=O) groups excluding carboxylic acids is 2. The smallest absolute Gasteiger partial charge is 0.306 e. The van der Waals surface area contributed by atoms with Crippen molar-refractivity contribution in [2.45, 2.75) is 90.9 Å². The Morgan fingerprint density at radius 3 is 1.90 bits per heavy atom. The molecule has 0 aromatic heterocycles. The highest BCUT2D eigenvalue weighted by atomic mass is 35.5. The molecule has 0 bridgehead atoms. The predicted molar refractivity (Wildman–Crippen MR) is 131 cm³/mol. The summed E-state index contributed by atoms with van der Waals surface area (Å²) in [4.78, 5) is 24.0. The van der Waals surface area contributed by atoms with Gasteiger partial charge in [0.05, 0.1) is 19.6 Å². The van der Waals surface area contributed by atoms with E-state index in [-0.39, 0.29) is 48.1 Å². The number of ether oxygens (including phenoxy) is 2. The van der Waals surface area contributed by atoms with Crippen molar-refractivity contribution >= 4 is 36.8 Å². The van der Waals surface area contributed by atoms with Gasteiger partial charge in [-0.25, -0.2) is 0 Å². The van der Waals surface area contributed by atoms with E-state index in [1.54, 1.807) is 0 Å². The van der Waals surface area contributed by atoms with Crippen molar-refractivity contribution in [2.75, 3.05) is 26.3 Å². The quantitative estimate of drug-likeness (QED) is 0.255. The SMILES string of the molecule is CC(C)C[C@@H](CN)CC(=O)OCCCCCCOC(=O)CC1(CN)CCCCC1.Cl.Cl. The summed E-state index contributed by atoms with van der Waals surface area (Å²) in [7, 11) is 0. The highest BCUT2D eigenvalue weighted by molar-refractivity contribution is 5.85. The van der Waals surface area contributed by atoms with E-state index < -0.39 is 0 Å². The van der Waals surface area contributed by atoms with E-state index in [4.69, 9.17) is 20.9 Å². The molecule has 0 radical (unpaired) electrons. The first kappa shape index (κ1) is 32.6. The Kier molecular flexibility index (Phi) is 19.9. The lowest BCUT2D eigenvalue weighted by atomic mass is 9.72. The van der Waals surface area contributed by atoms with Crippen LogP contribution in [0, 0.1) is 17.3 Å². The topological polar surface area (TPSA) is 105 Å². The molecule has 0 amide bonds.